The van der Waals surface area contributed by atoms with Gasteiger partial charge in [0.15, 0.2) is 0 Å². The van der Waals surface area contributed by atoms with Crippen molar-refractivity contribution in [3.05, 3.63) is 70.9 Å². The van der Waals surface area contributed by atoms with E-state index in [1.807, 2.05) is 55.4 Å². The number of rotatable bonds is 5. The number of hydrogen-bond acceptors (Lipinski definition) is 3. The number of nitrogens with zero attached hydrogens (tertiary/aromatic N) is 1. The van der Waals surface area contributed by atoms with Gasteiger partial charge in [0.05, 0.1) is 10.9 Å². The lowest BCUT2D eigenvalue weighted by Crippen LogP contribution is -2.34. The van der Waals surface area contributed by atoms with Gasteiger partial charge in [0.1, 0.15) is 5.82 Å². The number of carbonyl (C=O) groups excluding carboxylic acids is 1. The normalized spacial score (nSPS) is 12.5. The maximum atomic E-state index is 13.5. The number of amides is 1. The number of likely N-dealkylation sites (N-methyl/N-ethyl adjacent to an activating group) is 1. The molecule has 1 amide bonds. The molecular formula is C19H19FN2OS. The first-order chi connectivity index (χ1) is 11.5. The van der Waals surface area contributed by atoms with E-state index in [1.165, 1.54) is 23.5 Å². The third kappa shape index (κ3) is 3.63. The second kappa shape index (κ2) is 7.11. The molecule has 1 aromatic heterocycles. The highest BCUT2D eigenvalue weighted by Crippen LogP contribution is 2.25. The first kappa shape index (κ1) is 16.6. The standard InChI is InChI=1S/C19H19FN2OS/c1-22(2)16(13-7-5-8-15(20)10-13)12-21-19(23)18-11-14-6-3-4-9-17(14)24-18/h3-11,16H,12H2,1-2H3,(H,21,23). The summed E-state index contributed by atoms with van der Waals surface area (Å²) in [4.78, 5) is 15.1. The molecule has 0 aliphatic carbocycles. The molecule has 0 radical (unpaired) electrons. The summed E-state index contributed by atoms with van der Waals surface area (Å²) < 4.78 is 14.6. The molecule has 1 unspecified atom stereocenters. The summed E-state index contributed by atoms with van der Waals surface area (Å²) in [5.74, 6) is -0.366. The minimum atomic E-state index is -0.268. The predicted octanol–water partition coefficient (Wildman–Crippen LogP) is 4.07. The fraction of sp³-hybridized carbons (Fsp3) is 0.211. The number of hydrogen-bond donors (Lipinski definition) is 1. The maximum absolute atomic E-state index is 13.5. The monoisotopic (exact) mass is 342 g/mol. The van der Waals surface area contributed by atoms with Crippen LogP contribution >= 0.6 is 11.3 Å². The molecule has 0 aliphatic heterocycles. The zero-order valence-corrected chi connectivity index (χ0v) is 14.4. The highest BCUT2D eigenvalue weighted by molar-refractivity contribution is 7.20. The first-order valence-electron chi connectivity index (χ1n) is 7.73. The van der Waals surface area contributed by atoms with Crippen LogP contribution in [0.1, 0.15) is 21.3 Å². The fourth-order valence-electron chi connectivity index (χ4n) is 2.68. The van der Waals surface area contributed by atoms with Crippen molar-refractivity contribution in [2.75, 3.05) is 20.6 Å². The van der Waals surface area contributed by atoms with E-state index in [2.05, 4.69) is 5.32 Å². The summed E-state index contributed by atoms with van der Waals surface area (Å²) in [5, 5.41) is 4.04. The second-order valence-corrected chi connectivity index (χ2v) is 6.98. The molecule has 24 heavy (non-hydrogen) atoms. The number of benzene rings is 2. The van der Waals surface area contributed by atoms with Gasteiger partial charge in [0.2, 0.25) is 0 Å². The van der Waals surface area contributed by atoms with Crippen molar-refractivity contribution in [2.45, 2.75) is 6.04 Å². The van der Waals surface area contributed by atoms with Gasteiger partial charge in [-0.1, -0.05) is 30.3 Å². The van der Waals surface area contributed by atoms with Gasteiger partial charge in [-0.2, -0.15) is 0 Å². The summed E-state index contributed by atoms with van der Waals surface area (Å²) in [6.07, 6.45) is 0. The van der Waals surface area contributed by atoms with Crippen LogP contribution in [-0.2, 0) is 0 Å². The molecule has 124 valence electrons. The smallest absolute Gasteiger partial charge is 0.261 e. The van der Waals surface area contributed by atoms with Crippen molar-refractivity contribution in [3.63, 3.8) is 0 Å². The number of thiophene rings is 1. The van der Waals surface area contributed by atoms with Gasteiger partial charge in [-0.05, 0) is 49.3 Å². The SMILES string of the molecule is CN(C)C(CNC(=O)c1cc2ccccc2s1)c1cccc(F)c1. The lowest BCUT2D eigenvalue weighted by atomic mass is 10.1. The Morgan fingerprint density at radius 2 is 1.96 bits per heavy atom. The van der Waals surface area contributed by atoms with Gasteiger partial charge in [-0.25, -0.2) is 4.39 Å². The van der Waals surface area contributed by atoms with Crippen LogP contribution in [0.4, 0.5) is 4.39 Å². The molecule has 0 saturated heterocycles. The Bertz CT molecular complexity index is 826. The molecule has 2 aromatic carbocycles. The van der Waals surface area contributed by atoms with Gasteiger partial charge in [0.25, 0.3) is 5.91 Å². The van der Waals surface area contributed by atoms with Crippen molar-refractivity contribution >= 4 is 27.3 Å². The average Bonchev–Trinajstić information content (AvgIpc) is 2.99. The Morgan fingerprint density at radius 3 is 2.67 bits per heavy atom. The molecule has 5 heteroatoms. The summed E-state index contributed by atoms with van der Waals surface area (Å²) in [7, 11) is 3.84. The molecular weight excluding hydrogens is 323 g/mol. The van der Waals surface area contributed by atoms with Crippen molar-refractivity contribution in [2.24, 2.45) is 0 Å². The topological polar surface area (TPSA) is 32.3 Å². The minimum Gasteiger partial charge on any atom is -0.349 e. The van der Waals surface area contributed by atoms with Crippen molar-refractivity contribution in [1.82, 2.24) is 10.2 Å². The van der Waals surface area contributed by atoms with Crippen LogP contribution in [0.2, 0.25) is 0 Å². The Labute approximate surface area is 144 Å². The molecule has 3 nitrogen and oxygen atoms in total. The Kier molecular flexibility index (Phi) is 4.92. The largest absolute Gasteiger partial charge is 0.349 e. The van der Waals surface area contributed by atoms with Gasteiger partial charge in [-0.15, -0.1) is 11.3 Å². The van der Waals surface area contributed by atoms with Crippen molar-refractivity contribution < 1.29 is 9.18 Å². The van der Waals surface area contributed by atoms with Crippen LogP contribution in [0.25, 0.3) is 10.1 Å². The van der Waals surface area contributed by atoms with Gasteiger partial charge in [-0.3, -0.25) is 4.79 Å². The Hall–Kier alpha value is -2.24. The van der Waals surface area contributed by atoms with E-state index in [9.17, 15) is 9.18 Å². The van der Waals surface area contributed by atoms with E-state index in [0.29, 0.717) is 11.4 Å². The Morgan fingerprint density at radius 1 is 1.17 bits per heavy atom. The first-order valence-corrected chi connectivity index (χ1v) is 8.55. The highest BCUT2D eigenvalue weighted by atomic mass is 32.1. The molecule has 0 fully saturated rings. The number of fused-ring (bicyclic) bond motifs is 1. The molecule has 1 heterocycles. The van der Waals surface area contributed by atoms with Crippen LogP contribution in [0.15, 0.2) is 54.6 Å². The number of halogens is 1. The third-order valence-electron chi connectivity index (χ3n) is 3.96. The van der Waals surface area contributed by atoms with Gasteiger partial charge >= 0.3 is 0 Å². The molecule has 1 N–H and O–H groups in total. The minimum absolute atomic E-state index is 0.0842. The molecule has 3 aromatic rings. The van der Waals surface area contributed by atoms with E-state index in [0.717, 1.165) is 15.6 Å². The average molecular weight is 342 g/mol. The zero-order valence-electron chi connectivity index (χ0n) is 13.6. The molecule has 0 saturated carbocycles. The van der Waals surface area contributed by atoms with Crippen molar-refractivity contribution in [1.29, 1.82) is 0 Å². The molecule has 3 rings (SSSR count). The zero-order chi connectivity index (χ0) is 17.1. The Balaban J connectivity index is 1.73. The predicted molar refractivity (Wildman–Crippen MR) is 97.0 cm³/mol. The highest BCUT2D eigenvalue weighted by Gasteiger charge is 2.17. The molecule has 0 bridgehead atoms. The van der Waals surface area contributed by atoms with Crippen LogP contribution in [0, 0.1) is 5.82 Å². The maximum Gasteiger partial charge on any atom is 0.261 e. The summed E-state index contributed by atoms with van der Waals surface area (Å²) in [6.45, 7) is 0.420. The van der Waals surface area contributed by atoms with Crippen LogP contribution in [0.5, 0.6) is 0 Å². The molecule has 0 aliphatic rings. The van der Waals surface area contributed by atoms with E-state index in [4.69, 9.17) is 0 Å². The molecule has 0 spiro atoms. The third-order valence-corrected chi connectivity index (χ3v) is 5.08. The van der Waals surface area contributed by atoms with Crippen LogP contribution in [-0.4, -0.2) is 31.4 Å². The number of nitrogens with one attached hydrogen (secondary N) is 1. The van der Waals surface area contributed by atoms with E-state index < -0.39 is 0 Å². The van der Waals surface area contributed by atoms with E-state index in [-0.39, 0.29) is 17.8 Å². The quantitative estimate of drug-likeness (QED) is 0.758. The second-order valence-electron chi connectivity index (χ2n) is 5.89. The lowest BCUT2D eigenvalue weighted by Gasteiger charge is -2.25. The molecule has 1 atom stereocenters. The summed E-state index contributed by atoms with van der Waals surface area (Å²) >= 11 is 1.48. The fourth-order valence-corrected chi connectivity index (χ4v) is 3.66. The summed E-state index contributed by atoms with van der Waals surface area (Å²) in [5.41, 5.74) is 0.844. The summed E-state index contributed by atoms with van der Waals surface area (Å²) in [6, 6.07) is 16.2. The van der Waals surface area contributed by atoms with E-state index in [1.54, 1.807) is 6.07 Å². The number of carbonyl (C=O) groups is 1. The van der Waals surface area contributed by atoms with E-state index >= 15 is 0 Å². The van der Waals surface area contributed by atoms with Gasteiger partial charge < -0.3 is 10.2 Å². The van der Waals surface area contributed by atoms with Crippen LogP contribution < -0.4 is 5.32 Å². The van der Waals surface area contributed by atoms with Crippen LogP contribution in [0.3, 0.4) is 0 Å². The van der Waals surface area contributed by atoms with Crippen molar-refractivity contribution in [3.8, 4) is 0 Å². The lowest BCUT2D eigenvalue weighted by molar-refractivity contribution is 0.0946. The van der Waals surface area contributed by atoms with Gasteiger partial charge in [0, 0.05) is 11.2 Å².